The van der Waals surface area contributed by atoms with Crippen LogP contribution in [0.15, 0.2) is 24.3 Å². The Labute approximate surface area is 134 Å². The molecule has 3 atom stereocenters. The first-order valence-electron chi connectivity index (χ1n) is 7.58. The van der Waals surface area contributed by atoms with E-state index < -0.39 is 6.09 Å². The third kappa shape index (κ3) is 3.19. The van der Waals surface area contributed by atoms with Gasteiger partial charge in [0, 0.05) is 23.1 Å². The summed E-state index contributed by atoms with van der Waals surface area (Å²) in [5.74, 6) is -0.0320. The van der Waals surface area contributed by atoms with Crippen molar-refractivity contribution < 1.29 is 14.7 Å². The van der Waals surface area contributed by atoms with Gasteiger partial charge in [-0.15, -0.1) is 0 Å². The molecule has 2 aliphatic heterocycles. The zero-order valence-corrected chi connectivity index (χ0v) is 12.9. The molecular formula is C16H19ClN2O3. The van der Waals surface area contributed by atoms with Crippen LogP contribution in [0.25, 0.3) is 0 Å². The Hall–Kier alpha value is -1.75. The highest BCUT2D eigenvalue weighted by molar-refractivity contribution is 6.30. The molecule has 0 spiro atoms. The molecule has 0 aliphatic carbocycles. The summed E-state index contributed by atoms with van der Waals surface area (Å²) in [6.45, 7) is 0. The molecule has 2 bridgehead atoms. The molecule has 2 heterocycles. The lowest BCUT2D eigenvalue weighted by Gasteiger charge is -2.37. The van der Waals surface area contributed by atoms with E-state index >= 15 is 0 Å². The van der Waals surface area contributed by atoms with Crippen LogP contribution < -0.4 is 5.32 Å². The summed E-state index contributed by atoms with van der Waals surface area (Å²) in [6.07, 6.45) is 2.69. The molecule has 2 N–H and O–H groups in total. The smallest absolute Gasteiger partial charge is 0.407 e. The maximum absolute atomic E-state index is 12.2. The van der Waals surface area contributed by atoms with Crippen LogP contribution in [-0.4, -0.2) is 40.1 Å². The number of halogens is 1. The molecule has 2 saturated heterocycles. The summed E-state index contributed by atoms with van der Waals surface area (Å²) in [5, 5.41) is 12.9. The monoisotopic (exact) mass is 322 g/mol. The van der Waals surface area contributed by atoms with Gasteiger partial charge in [-0.05, 0) is 43.4 Å². The number of rotatable bonds is 3. The fraction of sp³-hybridized carbons (Fsp3) is 0.500. The second kappa shape index (κ2) is 6.16. The van der Waals surface area contributed by atoms with Crippen LogP contribution in [0.2, 0.25) is 5.02 Å². The molecular weight excluding hydrogens is 304 g/mol. The van der Waals surface area contributed by atoms with Crippen molar-refractivity contribution in [2.45, 2.75) is 50.2 Å². The van der Waals surface area contributed by atoms with Gasteiger partial charge in [-0.2, -0.15) is 0 Å². The first kappa shape index (κ1) is 15.2. The van der Waals surface area contributed by atoms with Gasteiger partial charge in [0.1, 0.15) is 0 Å². The molecule has 3 rings (SSSR count). The molecule has 5 nitrogen and oxygen atoms in total. The van der Waals surface area contributed by atoms with E-state index in [4.69, 9.17) is 11.6 Å². The van der Waals surface area contributed by atoms with Crippen molar-refractivity contribution in [1.29, 1.82) is 0 Å². The number of nitrogens with zero attached hydrogens (tertiary/aromatic N) is 1. The van der Waals surface area contributed by atoms with E-state index in [1.807, 2.05) is 12.1 Å². The van der Waals surface area contributed by atoms with Crippen molar-refractivity contribution in [3.63, 3.8) is 0 Å². The largest absolute Gasteiger partial charge is 0.465 e. The van der Waals surface area contributed by atoms with Gasteiger partial charge in [-0.3, -0.25) is 4.79 Å². The number of carbonyl (C=O) groups is 2. The Morgan fingerprint density at radius 1 is 1.27 bits per heavy atom. The second-order valence-corrected chi connectivity index (χ2v) is 6.55. The molecule has 2 fully saturated rings. The molecule has 2 amide bonds. The quantitative estimate of drug-likeness (QED) is 0.899. The van der Waals surface area contributed by atoms with Crippen molar-refractivity contribution >= 4 is 23.6 Å². The molecule has 22 heavy (non-hydrogen) atoms. The number of amides is 2. The van der Waals surface area contributed by atoms with Crippen molar-refractivity contribution in [2.24, 2.45) is 0 Å². The van der Waals surface area contributed by atoms with E-state index in [2.05, 4.69) is 5.32 Å². The summed E-state index contributed by atoms with van der Waals surface area (Å²) < 4.78 is 0. The van der Waals surface area contributed by atoms with Crippen molar-refractivity contribution in [3.05, 3.63) is 34.9 Å². The number of piperidine rings is 1. The average Bonchev–Trinajstić information content (AvgIpc) is 2.71. The highest BCUT2D eigenvalue weighted by Crippen LogP contribution is 2.35. The van der Waals surface area contributed by atoms with Crippen molar-refractivity contribution in [2.75, 3.05) is 0 Å². The molecule has 1 aromatic carbocycles. The van der Waals surface area contributed by atoms with Gasteiger partial charge in [0.05, 0.1) is 6.42 Å². The van der Waals surface area contributed by atoms with Crippen LogP contribution in [0, 0.1) is 0 Å². The SMILES string of the molecule is O=C(Cc1cccc(Cl)c1)NC1C[C@H]2CC[C@@H](C1)N2C(=O)O. The third-order valence-corrected chi connectivity index (χ3v) is 4.81. The lowest BCUT2D eigenvalue weighted by atomic mass is 9.97. The van der Waals surface area contributed by atoms with Crippen LogP contribution in [0.3, 0.4) is 0 Å². The number of fused-ring (bicyclic) bond motifs is 2. The van der Waals surface area contributed by atoms with Crippen LogP contribution in [-0.2, 0) is 11.2 Å². The van der Waals surface area contributed by atoms with Gasteiger partial charge in [-0.25, -0.2) is 4.79 Å². The number of hydrogen-bond donors (Lipinski definition) is 2. The molecule has 0 saturated carbocycles. The predicted molar refractivity (Wildman–Crippen MR) is 83.0 cm³/mol. The average molecular weight is 323 g/mol. The Bertz CT molecular complexity index is 579. The Balaban J connectivity index is 1.56. The minimum atomic E-state index is -0.837. The Kier molecular flexibility index (Phi) is 4.25. The molecule has 1 aromatic rings. The summed E-state index contributed by atoms with van der Waals surface area (Å²) in [4.78, 5) is 25.0. The number of hydrogen-bond acceptors (Lipinski definition) is 2. The molecule has 6 heteroatoms. The second-order valence-electron chi connectivity index (χ2n) is 6.12. The normalized spacial score (nSPS) is 26.8. The molecule has 0 aromatic heterocycles. The summed E-state index contributed by atoms with van der Waals surface area (Å²) in [5.41, 5.74) is 0.885. The van der Waals surface area contributed by atoms with Gasteiger partial charge in [0.2, 0.25) is 5.91 Å². The molecule has 1 unspecified atom stereocenters. The number of benzene rings is 1. The van der Waals surface area contributed by atoms with E-state index in [-0.39, 0.29) is 24.0 Å². The van der Waals surface area contributed by atoms with Crippen molar-refractivity contribution in [3.8, 4) is 0 Å². The fourth-order valence-corrected chi connectivity index (χ4v) is 3.93. The minimum Gasteiger partial charge on any atom is -0.465 e. The maximum atomic E-state index is 12.2. The Morgan fingerprint density at radius 2 is 1.95 bits per heavy atom. The summed E-state index contributed by atoms with van der Waals surface area (Å²) >= 11 is 5.92. The Morgan fingerprint density at radius 3 is 2.55 bits per heavy atom. The predicted octanol–water partition coefficient (Wildman–Crippen LogP) is 2.67. The van der Waals surface area contributed by atoms with Gasteiger partial charge in [0.25, 0.3) is 0 Å². The minimum absolute atomic E-state index is 0.0320. The van der Waals surface area contributed by atoms with Gasteiger partial charge < -0.3 is 15.3 Å². The zero-order chi connectivity index (χ0) is 15.7. The van der Waals surface area contributed by atoms with E-state index in [1.165, 1.54) is 0 Å². The number of nitrogens with one attached hydrogen (secondary N) is 1. The van der Waals surface area contributed by atoms with Gasteiger partial charge in [0.15, 0.2) is 0 Å². The third-order valence-electron chi connectivity index (χ3n) is 4.57. The maximum Gasteiger partial charge on any atom is 0.407 e. The fourth-order valence-electron chi connectivity index (χ4n) is 3.72. The number of carbonyl (C=O) groups excluding carboxylic acids is 1. The first-order chi connectivity index (χ1) is 10.5. The van der Waals surface area contributed by atoms with Gasteiger partial charge in [-0.1, -0.05) is 23.7 Å². The van der Waals surface area contributed by atoms with E-state index in [9.17, 15) is 14.7 Å². The van der Waals surface area contributed by atoms with E-state index in [0.717, 1.165) is 18.4 Å². The highest BCUT2D eigenvalue weighted by atomic mass is 35.5. The standard InChI is InChI=1S/C16H19ClN2O3/c17-11-3-1-2-10(6-11)7-15(20)18-12-8-13-4-5-14(9-12)19(13)16(21)22/h1-3,6,12-14H,4-5,7-9H2,(H,18,20)(H,21,22)/t12?,13-,14+. The molecule has 118 valence electrons. The van der Waals surface area contributed by atoms with Crippen LogP contribution in [0.5, 0.6) is 0 Å². The molecule has 0 radical (unpaired) electrons. The number of carboxylic acid groups (broad SMARTS) is 1. The van der Waals surface area contributed by atoms with Gasteiger partial charge >= 0.3 is 6.09 Å². The first-order valence-corrected chi connectivity index (χ1v) is 7.96. The van der Waals surface area contributed by atoms with Crippen LogP contribution in [0.1, 0.15) is 31.2 Å². The zero-order valence-electron chi connectivity index (χ0n) is 12.2. The van der Waals surface area contributed by atoms with Crippen LogP contribution in [0.4, 0.5) is 4.79 Å². The van der Waals surface area contributed by atoms with Crippen molar-refractivity contribution in [1.82, 2.24) is 10.2 Å². The summed E-state index contributed by atoms with van der Waals surface area (Å²) in [7, 11) is 0. The molecule has 2 aliphatic rings. The summed E-state index contributed by atoms with van der Waals surface area (Å²) in [6, 6.07) is 7.44. The van der Waals surface area contributed by atoms with Crippen LogP contribution >= 0.6 is 11.6 Å². The lowest BCUT2D eigenvalue weighted by molar-refractivity contribution is -0.121. The van der Waals surface area contributed by atoms with E-state index in [0.29, 0.717) is 24.3 Å². The lowest BCUT2D eigenvalue weighted by Crippen LogP contribution is -2.52. The highest BCUT2D eigenvalue weighted by Gasteiger charge is 2.43. The van der Waals surface area contributed by atoms with E-state index in [1.54, 1.807) is 17.0 Å². The topological polar surface area (TPSA) is 69.6 Å².